The molecule has 0 saturated carbocycles. The molecule has 1 fully saturated rings. The highest BCUT2D eigenvalue weighted by Gasteiger charge is 2.43. The number of carbonyl (C=O) groups excluding carboxylic acids is 2. The van der Waals surface area contributed by atoms with Gasteiger partial charge in [0.2, 0.25) is 5.75 Å². The number of halogens is 2. The van der Waals surface area contributed by atoms with Gasteiger partial charge in [-0.15, -0.1) is 6.42 Å². The quantitative estimate of drug-likeness (QED) is 0.407. The smallest absolute Gasteiger partial charge is 0.277 e. The molecular weight excluding hydrogens is 419 g/mol. The minimum absolute atomic E-state index is 0.0181. The van der Waals surface area contributed by atoms with Crippen molar-refractivity contribution in [2.45, 2.75) is 17.2 Å². The second kappa shape index (κ2) is 8.05. The summed E-state index contributed by atoms with van der Waals surface area (Å²) in [5.41, 5.74) is 0.866. The molecule has 0 unspecified atom stereocenters. The molecule has 1 aromatic heterocycles. The average Bonchev–Trinajstić information content (AvgIpc) is 3.03. The molecule has 2 heterocycles. The fourth-order valence-corrected chi connectivity index (χ4v) is 3.91. The standard InChI is InChI=1S/C20H20Cl2N2O5/c1-5-9-29-16-14(27-3)11-12-10-13(23(2)15(12)17(16)28-4)18(25)24-8-6-7-20(21,22)19(24)26/h1,10-11H,6-9H2,2-4H3. The van der Waals surface area contributed by atoms with Crippen LogP contribution in [-0.2, 0) is 11.8 Å². The third-order valence-corrected chi connectivity index (χ3v) is 5.51. The van der Waals surface area contributed by atoms with E-state index in [0.29, 0.717) is 41.0 Å². The van der Waals surface area contributed by atoms with E-state index in [0.717, 1.165) is 4.90 Å². The number of amides is 2. The Hall–Kier alpha value is -2.56. The van der Waals surface area contributed by atoms with Crippen LogP contribution in [0.2, 0.25) is 0 Å². The Morgan fingerprint density at radius 2 is 2.00 bits per heavy atom. The Labute approximate surface area is 178 Å². The number of alkyl halides is 2. The van der Waals surface area contributed by atoms with Gasteiger partial charge in [-0.2, -0.15) is 0 Å². The number of terminal acetylenes is 1. The van der Waals surface area contributed by atoms with Crippen molar-refractivity contribution in [1.82, 2.24) is 9.47 Å². The van der Waals surface area contributed by atoms with Crippen LogP contribution in [0, 0.1) is 12.3 Å². The molecule has 1 aliphatic rings. The first-order valence-corrected chi connectivity index (χ1v) is 9.57. The number of imide groups is 1. The monoisotopic (exact) mass is 438 g/mol. The molecule has 1 saturated heterocycles. The lowest BCUT2D eigenvalue weighted by atomic mass is 10.1. The number of carbonyl (C=O) groups is 2. The first-order valence-electron chi connectivity index (χ1n) is 8.81. The maximum atomic E-state index is 13.1. The Balaban J connectivity index is 2.13. The summed E-state index contributed by atoms with van der Waals surface area (Å²) < 4.78 is 16.6. The van der Waals surface area contributed by atoms with Gasteiger partial charge >= 0.3 is 0 Å². The lowest BCUT2D eigenvalue weighted by Crippen LogP contribution is -2.50. The zero-order valence-electron chi connectivity index (χ0n) is 16.3. The second-order valence-electron chi connectivity index (χ2n) is 6.53. The summed E-state index contributed by atoms with van der Waals surface area (Å²) in [4.78, 5) is 26.7. The van der Waals surface area contributed by atoms with E-state index in [1.54, 1.807) is 23.7 Å². The number of methoxy groups -OCH3 is 2. The van der Waals surface area contributed by atoms with Crippen molar-refractivity contribution < 1.29 is 23.8 Å². The van der Waals surface area contributed by atoms with Crippen LogP contribution in [0.25, 0.3) is 10.9 Å². The summed E-state index contributed by atoms with van der Waals surface area (Å²) in [6.45, 7) is 0.265. The van der Waals surface area contributed by atoms with E-state index in [1.807, 2.05) is 0 Å². The normalized spacial score (nSPS) is 15.9. The summed E-state index contributed by atoms with van der Waals surface area (Å²) in [7, 11) is 4.67. The third-order valence-electron chi connectivity index (χ3n) is 4.81. The summed E-state index contributed by atoms with van der Waals surface area (Å²) in [6.07, 6.45) is 6.12. The summed E-state index contributed by atoms with van der Waals surface area (Å²) in [5, 5.41) is 0.671. The number of nitrogens with zero attached hydrogens (tertiary/aromatic N) is 2. The number of hydrogen-bond donors (Lipinski definition) is 0. The molecule has 1 aliphatic heterocycles. The minimum Gasteiger partial charge on any atom is -0.493 e. The number of benzene rings is 1. The number of piperidine rings is 1. The molecule has 7 nitrogen and oxygen atoms in total. The largest absolute Gasteiger partial charge is 0.493 e. The van der Waals surface area contributed by atoms with Crippen molar-refractivity contribution in [3.05, 3.63) is 17.8 Å². The molecule has 0 radical (unpaired) electrons. The highest BCUT2D eigenvalue weighted by Crippen LogP contribution is 2.44. The Kier molecular flexibility index (Phi) is 5.87. The van der Waals surface area contributed by atoms with Gasteiger partial charge in [0.25, 0.3) is 11.8 Å². The molecule has 0 N–H and O–H groups in total. The average molecular weight is 439 g/mol. The van der Waals surface area contributed by atoms with E-state index < -0.39 is 16.1 Å². The lowest BCUT2D eigenvalue weighted by molar-refractivity contribution is -0.131. The van der Waals surface area contributed by atoms with Crippen molar-refractivity contribution in [3.8, 4) is 29.6 Å². The van der Waals surface area contributed by atoms with E-state index in [4.69, 9.17) is 43.8 Å². The minimum atomic E-state index is -1.60. The van der Waals surface area contributed by atoms with Gasteiger partial charge in [-0.25, -0.2) is 0 Å². The van der Waals surface area contributed by atoms with Crippen LogP contribution in [0.4, 0.5) is 0 Å². The highest BCUT2D eigenvalue weighted by molar-refractivity contribution is 6.58. The van der Waals surface area contributed by atoms with Gasteiger partial charge in [0.05, 0.1) is 19.7 Å². The first kappa shape index (κ1) is 21.2. The number of aryl methyl sites for hydroxylation is 1. The van der Waals surface area contributed by atoms with Crippen LogP contribution in [0.1, 0.15) is 23.3 Å². The van der Waals surface area contributed by atoms with Crippen LogP contribution < -0.4 is 14.2 Å². The van der Waals surface area contributed by atoms with E-state index in [1.165, 1.54) is 14.2 Å². The summed E-state index contributed by atoms with van der Waals surface area (Å²) in [5.74, 6) is 2.38. The van der Waals surface area contributed by atoms with E-state index in [9.17, 15) is 9.59 Å². The molecule has 2 amide bonds. The number of fused-ring (bicyclic) bond motifs is 1. The summed E-state index contributed by atoms with van der Waals surface area (Å²) >= 11 is 12.1. The lowest BCUT2D eigenvalue weighted by Gasteiger charge is -2.32. The molecule has 29 heavy (non-hydrogen) atoms. The van der Waals surface area contributed by atoms with Crippen LogP contribution >= 0.6 is 23.2 Å². The molecule has 3 rings (SSSR count). The Bertz CT molecular complexity index is 1020. The van der Waals surface area contributed by atoms with Crippen molar-refractivity contribution in [2.75, 3.05) is 27.4 Å². The fourth-order valence-electron chi connectivity index (χ4n) is 3.44. The molecule has 2 aromatic rings. The van der Waals surface area contributed by atoms with Gasteiger partial charge < -0.3 is 18.8 Å². The predicted octanol–water partition coefficient (Wildman–Crippen LogP) is 3.14. The van der Waals surface area contributed by atoms with Crippen LogP contribution in [0.15, 0.2) is 12.1 Å². The van der Waals surface area contributed by atoms with E-state index in [2.05, 4.69) is 5.92 Å². The topological polar surface area (TPSA) is 70.0 Å². The van der Waals surface area contributed by atoms with Crippen LogP contribution in [-0.4, -0.2) is 53.0 Å². The van der Waals surface area contributed by atoms with E-state index in [-0.39, 0.29) is 18.8 Å². The van der Waals surface area contributed by atoms with Gasteiger partial charge in [0.1, 0.15) is 12.3 Å². The van der Waals surface area contributed by atoms with Crippen LogP contribution in [0.5, 0.6) is 17.2 Å². The van der Waals surface area contributed by atoms with E-state index >= 15 is 0 Å². The number of hydrogen-bond acceptors (Lipinski definition) is 5. The SMILES string of the molecule is C#CCOc1c(OC)cc2cc(C(=O)N3CCCC(Cl)(Cl)C3=O)n(C)c2c1OC. The van der Waals surface area contributed by atoms with Gasteiger partial charge in [0, 0.05) is 19.0 Å². The number of aromatic nitrogens is 1. The number of ether oxygens (including phenoxy) is 3. The highest BCUT2D eigenvalue weighted by atomic mass is 35.5. The Morgan fingerprint density at radius 1 is 1.28 bits per heavy atom. The summed E-state index contributed by atoms with van der Waals surface area (Å²) in [6, 6.07) is 3.37. The zero-order valence-corrected chi connectivity index (χ0v) is 17.8. The van der Waals surface area contributed by atoms with Gasteiger partial charge in [-0.3, -0.25) is 14.5 Å². The zero-order chi connectivity index (χ0) is 21.3. The molecule has 0 atom stereocenters. The molecule has 154 valence electrons. The first-order chi connectivity index (χ1) is 13.8. The second-order valence-corrected chi connectivity index (χ2v) is 8.01. The van der Waals surface area contributed by atoms with Gasteiger partial charge in [0.15, 0.2) is 15.8 Å². The molecular formula is C20H20Cl2N2O5. The number of likely N-dealkylation sites (tertiary alicyclic amines) is 1. The maximum Gasteiger partial charge on any atom is 0.277 e. The fraction of sp³-hybridized carbons (Fsp3) is 0.400. The molecule has 0 bridgehead atoms. The predicted molar refractivity (Wildman–Crippen MR) is 110 cm³/mol. The molecule has 9 heteroatoms. The molecule has 0 spiro atoms. The van der Waals surface area contributed by atoms with Crippen LogP contribution in [0.3, 0.4) is 0 Å². The molecule has 1 aromatic carbocycles. The van der Waals surface area contributed by atoms with Crippen molar-refractivity contribution in [1.29, 1.82) is 0 Å². The van der Waals surface area contributed by atoms with Crippen molar-refractivity contribution in [2.24, 2.45) is 7.05 Å². The van der Waals surface area contributed by atoms with Crippen molar-refractivity contribution >= 4 is 45.9 Å². The molecule has 0 aliphatic carbocycles. The maximum absolute atomic E-state index is 13.1. The Morgan fingerprint density at radius 3 is 2.62 bits per heavy atom. The van der Waals surface area contributed by atoms with Crippen molar-refractivity contribution in [3.63, 3.8) is 0 Å². The third kappa shape index (κ3) is 3.59. The van der Waals surface area contributed by atoms with Gasteiger partial charge in [-0.05, 0) is 25.0 Å². The number of rotatable bonds is 5. The van der Waals surface area contributed by atoms with Gasteiger partial charge in [-0.1, -0.05) is 29.1 Å².